The van der Waals surface area contributed by atoms with Crippen LogP contribution in [0, 0.1) is 25.7 Å². The Balaban J connectivity index is 0.000000212. The SMILES string of the molecule is C[C@@H](CO)[C@@H]1C=CCO1.C[C@H](CO)[C@@H]1C=CCO1.Cc1ccc(S(=O)(=O)O[C@@H](CO)[C@@H]2C=CCO2)cc1.Cc1ccc(S(=O)(=O)O[C@H](CO)[C@@H]2C=CCO2)cc1. The van der Waals surface area contributed by atoms with Crippen LogP contribution in [0.1, 0.15) is 25.0 Å². The third-order valence-corrected chi connectivity index (χ3v) is 11.5. The summed E-state index contributed by atoms with van der Waals surface area (Å²) in [6.45, 7) is 9.43. The molecule has 6 rings (SSSR count). The Morgan fingerprint density at radius 3 is 1.04 bits per heavy atom. The largest absolute Gasteiger partial charge is 0.396 e. The third-order valence-electron chi connectivity index (χ3n) is 8.75. The molecule has 8 atom stereocenters. The van der Waals surface area contributed by atoms with Crippen LogP contribution >= 0.6 is 0 Å². The molecule has 0 spiro atoms. The van der Waals surface area contributed by atoms with Crippen LogP contribution in [0.3, 0.4) is 0 Å². The molecular weight excluding hydrogens is 769 g/mol. The molecule has 0 fully saturated rings. The lowest BCUT2D eigenvalue weighted by molar-refractivity contribution is 0.00185. The molecule has 0 aliphatic carbocycles. The lowest BCUT2D eigenvalue weighted by Gasteiger charge is -2.20. The standard InChI is InChI=1S/2C13H16O5S.2C7H12O2/c2*1-10-4-6-11(7-5-10)19(15,16)18-13(9-14)12-3-2-8-17-12;2*1-6(5-8)7-3-2-4-9-7/h2*2-7,12-14H,8-9H2,1H3;2*2-3,6-8H,4-5H2,1H3/t12-,13+;12-,13-;6-,7+;6-,7-/m0010/s1. The summed E-state index contributed by atoms with van der Waals surface area (Å²) in [6.07, 6.45) is 12.2. The van der Waals surface area contributed by atoms with E-state index in [-0.39, 0.29) is 47.0 Å². The number of benzene rings is 2. The van der Waals surface area contributed by atoms with Crippen molar-refractivity contribution >= 4 is 20.2 Å². The van der Waals surface area contributed by atoms with Crippen molar-refractivity contribution in [3.05, 3.63) is 108 Å². The van der Waals surface area contributed by atoms with E-state index in [1.807, 2.05) is 52.0 Å². The van der Waals surface area contributed by atoms with Gasteiger partial charge in [0.05, 0.1) is 61.6 Å². The summed E-state index contributed by atoms with van der Waals surface area (Å²) in [5, 5.41) is 35.8. The lowest BCUT2D eigenvalue weighted by Crippen LogP contribution is -2.33. The Kier molecular flexibility index (Phi) is 20.2. The molecule has 4 aliphatic rings. The van der Waals surface area contributed by atoms with Crippen molar-refractivity contribution in [3.63, 3.8) is 0 Å². The molecule has 2 aromatic carbocycles. The van der Waals surface area contributed by atoms with Crippen molar-refractivity contribution in [3.8, 4) is 0 Å². The van der Waals surface area contributed by atoms with Crippen molar-refractivity contribution in [2.45, 2.75) is 74.1 Å². The molecule has 4 heterocycles. The van der Waals surface area contributed by atoms with Gasteiger partial charge in [0.2, 0.25) is 0 Å². The maximum absolute atomic E-state index is 12.1. The minimum Gasteiger partial charge on any atom is -0.396 e. The van der Waals surface area contributed by atoms with Gasteiger partial charge in [-0.15, -0.1) is 0 Å². The first-order valence-corrected chi connectivity index (χ1v) is 21.1. The molecular formula is C40H56O14S2. The van der Waals surface area contributed by atoms with Gasteiger partial charge in [0.25, 0.3) is 20.2 Å². The van der Waals surface area contributed by atoms with Crippen LogP contribution in [0.4, 0.5) is 0 Å². The fourth-order valence-corrected chi connectivity index (χ4v) is 7.40. The number of aliphatic hydroxyl groups excluding tert-OH is 4. The summed E-state index contributed by atoms with van der Waals surface area (Å²) in [6, 6.07) is 12.7. The predicted octanol–water partition coefficient (Wildman–Crippen LogP) is 3.17. The summed E-state index contributed by atoms with van der Waals surface area (Å²) >= 11 is 0. The number of hydrogen-bond acceptors (Lipinski definition) is 14. The van der Waals surface area contributed by atoms with E-state index in [4.69, 9.17) is 37.5 Å². The molecule has 0 aromatic heterocycles. The van der Waals surface area contributed by atoms with Crippen LogP contribution in [0.15, 0.2) is 107 Å². The van der Waals surface area contributed by atoms with Crippen LogP contribution in [0.2, 0.25) is 0 Å². The van der Waals surface area contributed by atoms with E-state index in [1.54, 1.807) is 48.6 Å². The number of ether oxygens (including phenoxy) is 4. The van der Waals surface area contributed by atoms with Gasteiger partial charge in [-0.25, -0.2) is 0 Å². The van der Waals surface area contributed by atoms with Gasteiger partial charge >= 0.3 is 0 Å². The highest BCUT2D eigenvalue weighted by molar-refractivity contribution is 7.87. The Labute approximate surface area is 330 Å². The first-order valence-electron chi connectivity index (χ1n) is 18.3. The van der Waals surface area contributed by atoms with Crippen LogP contribution < -0.4 is 0 Å². The first kappa shape index (κ1) is 47.3. The quantitative estimate of drug-likeness (QED) is 0.160. The maximum atomic E-state index is 12.1. The zero-order chi connectivity index (χ0) is 41.1. The monoisotopic (exact) mass is 824 g/mol. The molecule has 4 aliphatic heterocycles. The normalized spacial score (nSPS) is 23.3. The van der Waals surface area contributed by atoms with E-state index in [9.17, 15) is 27.0 Å². The van der Waals surface area contributed by atoms with Crippen LogP contribution in [0.5, 0.6) is 0 Å². The zero-order valence-electron chi connectivity index (χ0n) is 32.2. The summed E-state index contributed by atoms with van der Waals surface area (Å²) in [7, 11) is -7.80. The molecule has 4 N–H and O–H groups in total. The highest BCUT2D eigenvalue weighted by atomic mass is 32.2. The third kappa shape index (κ3) is 15.3. The smallest absolute Gasteiger partial charge is 0.297 e. The van der Waals surface area contributed by atoms with E-state index in [2.05, 4.69) is 0 Å². The molecule has 0 bridgehead atoms. The molecule has 312 valence electrons. The number of aryl methyl sites for hydroxylation is 2. The van der Waals surface area contributed by atoms with Gasteiger partial charge in [-0.3, -0.25) is 8.37 Å². The van der Waals surface area contributed by atoms with Gasteiger partial charge in [-0.05, 0) is 38.1 Å². The number of hydrogen-bond donors (Lipinski definition) is 4. The van der Waals surface area contributed by atoms with Crippen molar-refractivity contribution in [2.24, 2.45) is 11.8 Å². The second-order valence-electron chi connectivity index (χ2n) is 13.4. The van der Waals surface area contributed by atoms with Gasteiger partial charge in [0.15, 0.2) is 0 Å². The van der Waals surface area contributed by atoms with E-state index in [0.717, 1.165) is 11.1 Å². The van der Waals surface area contributed by atoms with Gasteiger partial charge in [-0.2, -0.15) is 16.8 Å². The van der Waals surface area contributed by atoms with Crippen molar-refractivity contribution < 1.29 is 64.6 Å². The maximum Gasteiger partial charge on any atom is 0.297 e. The highest BCUT2D eigenvalue weighted by Gasteiger charge is 2.30. The van der Waals surface area contributed by atoms with Crippen molar-refractivity contribution in [1.29, 1.82) is 0 Å². The molecule has 0 unspecified atom stereocenters. The first-order chi connectivity index (χ1) is 26.7. The van der Waals surface area contributed by atoms with Gasteiger partial charge in [-0.1, -0.05) is 97.8 Å². The average molecular weight is 825 g/mol. The molecule has 2 aromatic rings. The van der Waals surface area contributed by atoms with Crippen LogP contribution in [-0.2, 0) is 47.5 Å². The fourth-order valence-electron chi connectivity index (χ4n) is 5.25. The minimum atomic E-state index is -3.90. The van der Waals surface area contributed by atoms with Crippen LogP contribution in [-0.4, -0.2) is 127 Å². The second-order valence-corrected chi connectivity index (χ2v) is 16.5. The molecule has 0 amide bonds. The average Bonchev–Trinajstić information content (AvgIpc) is 4.05. The van der Waals surface area contributed by atoms with Crippen molar-refractivity contribution in [2.75, 3.05) is 52.9 Å². The number of rotatable bonds is 14. The Morgan fingerprint density at radius 2 is 0.804 bits per heavy atom. The Hall–Kier alpha value is -3.10. The molecule has 14 nitrogen and oxygen atoms in total. The second kappa shape index (κ2) is 24.0. The molecule has 0 saturated carbocycles. The zero-order valence-corrected chi connectivity index (χ0v) is 33.8. The van der Waals surface area contributed by atoms with E-state index >= 15 is 0 Å². The van der Waals surface area contributed by atoms with Gasteiger partial charge in [0, 0.05) is 25.0 Å². The molecule has 16 heteroatoms. The lowest BCUT2D eigenvalue weighted by atomic mass is 10.1. The summed E-state index contributed by atoms with van der Waals surface area (Å²) in [4.78, 5) is 0.136. The predicted molar refractivity (Wildman–Crippen MR) is 209 cm³/mol. The van der Waals surface area contributed by atoms with Gasteiger partial charge < -0.3 is 39.4 Å². The van der Waals surface area contributed by atoms with E-state index in [1.165, 1.54) is 24.3 Å². The molecule has 0 radical (unpaired) electrons. The summed E-state index contributed by atoms with van der Waals surface area (Å²) in [5.74, 6) is 0.479. The number of aliphatic hydroxyl groups is 4. The summed E-state index contributed by atoms with van der Waals surface area (Å²) < 4.78 is 79.3. The highest BCUT2D eigenvalue weighted by Crippen LogP contribution is 2.21. The van der Waals surface area contributed by atoms with Crippen molar-refractivity contribution in [1.82, 2.24) is 0 Å². The van der Waals surface area contributed by atoms with Gasteiger partial charge in [0.1, 0.15) is 24.4 Å². The Morgan fingerprint density at radius 1 is 0.518 bits per heavy atom. The van der Waals surface area contributed by atoms with E-state index in [0.29, 0.717) is 26.4 Å². The fraction of sp³-hybridized carbons (Fsp3) is 0.500. The topological polar surface area (TPSA) is 205 Å². The summed E-state index contributed by atoms with van der Waals surface area (Å²) in [5.41, 5.74) is 1.92. The van der Waals surface area contributed by atoms with Crippen LogP contribution in [0.25, 0.3) is 0 Å². The Bertz CT molecular complexity index is 1640. The molecule has 0 saturated heterocycles. The molecule has 56 heavy (non-hydrogen) atoms. The van der Waals surface area contributed by atoms with E-state index < -0.39 is 57.9 Å². The minimum absolute atomic E-state index is 0.0681.